The Morgan fingerprint density at radius 2 is 2.10 bits per heavy atom. The van der Waals surface area contributed by atoms with Gasteiger partial charge in [-0.25, -0.2) is 8.78 Å². The van der Waals surface area contributed by atoms with Crippen molar-refractivity contribution in [3.63, 3.8) is 0 Å². The second kappa shape index (κ2) is 9.62. The molecule has 1 N–H and O–H groups in total. The van der Waals surface area contributed by atoms with E-state index in [1.54, 1.807) is 12.3 Å². The normalized spacial score (nSPS) is 23.3. The van der Waals surface area contributed by atoms with Crippen LogP contribution in [0, 0.1) is 17.6 Å². The van der Waals surface area contributed by atoms with Crippen molar-refractivity contribution in [2.45, 2.75) is 44.4 Å². The van der Waals surface area contributed by atoms with Crippen molar-refractivity contribution in [3.05, 3.63) is 65.5 Å². The van der Waals surface area contributed by atoms with Gasteiger partial charge in [-0.3, -0.25) is 14.7 Å². The van der Waals surface area contributed by atoms with Crippen LogP contribution in [0.4, 0.5) is 8.78 Å². The van der Waals surface area contributed by atoms with Crippen LogP contribution in [0.3, 0.4) is 0 Å². The lowest BCUT2D eigenvalue weighted by molar-refractivity contribution is -0.131. The first-order chi connectivity index (χ1) is 14.6. The fraction of sp³-hybridized carbons (Fsp3) is 0.478. The Hall–Kier alpha value is -2.38. The second-order valence-electron chi connectivity index (χ2n) is 8.09. The summed E-state index contributed by atoms with van der Waals surface area (Å²) in [5, 5.41) is 3.16. The number of ether oxygens (including phenoxy) is 1. The number of rotatable bonds is 6. The molecule has 0 bridgehead atoms. The summed E-state index contributed by atoms with van der Waals surface area (Å²) < 4.78 is 33.3. The molecule has 3 atom stereocenters. The van der Waals surface area contributed by atoms with Crippen LogP contribution in [-0.4, -0.2) is 41.6 Å². The Balaban J connectivity index is 1.49. The van der Waals surface area contributed by atoms with Crippen LogP contribution in [-0.2, 0) is 16.1 Å². The van der Waals surface area contributed by atoms with Crippen molar-refractivity contribution in [3.8, 4) is 0 Å². The highest BCUT2D eigenvalue weighted by Gasteiger charge is 2.33. The van der Waals surface area contributed by atoms with Crippen LogP contribution in [0.25, 0.3) is 0 Å². The average Bonchev–Trinajstić information content (AvgIpc) is 3.31. The minimum absolute atomic E-state index is 0.101. The van der Waals surface area contributed by atoms with E-state index < -0.39 is 17.7 Å². The number of nitrogens with one attached hydrogen (secondary N) is 1. The Labute approximate surface area is 175 Å². The maximum atomic E-state index is 14.1. The van der Waals surface area contributed by atoms with Gasteiger partial charge < -0.3 is 10.1 Å². The van der Waals surface area contributed by atoms with Gasteiger partial charge in [0.05, 0.1) is 11.7 Å². The third kappa shape index (κ3) is 4.84. The van der Waals surface area contributed by atoms with Crippen molar-refractivity contribution >= 4 is 5.91 Å². The number of nitrogens with zero attached hydrogens (tertiary/aromatic N) is 2. The number of hydrogen-bond donors (Lipinski definition) is 1. The summed E-state index contributed by atoms with van der Waals surface area (Å²) in [6.45, 7) is 2.43. The van der Waals surface area contributed by atoms with Gasteiger partial charge >= 0.3 is 0 Å². The first kappa shape index (κ1) is 20.9. The Bertz CT molecular complexity index is 859. The van der Waals surface area contributed by atoms with Gasteiger partial charge in [-0.15, -0.1) is 0 Å². The summed E-state index contributed by atoms with van der Waals surface area (Å²) in [5.41, 5.74) is 1.17. The monoisotopic (exact) mass is 415 g/mol. The van der Waals surface area contributed by atoms with Crippen molar-refractivity contribution in [2.24, 2.45) is 5.92 Å². The van der Waals surface area contributed by atoms with E-state index in [1.165, 1.54) is 6.07 Å². The minimum Gasteiger partial charge on any atom is -0.368 e. The van der Waals surface area contributed by atoms with E-state index in [0.29, 0.717) is 25.3 Å². The zero-order chi connectivity index (χ0) is 20.9. The van der Waals surface area contributed by atoms with Crippen LogP contribution in [0.15, 0.2) is 42.6 Å². The van der Waals surface area contributed by atoms with Crippen LogP contribution in [0.2, 0.25) is 0 Å². The zero-order valence-electron chi connectivity index (χ0n) is 16.9. The lowest BCUT2D eigenvalue weighted by Crippen LogP contribution is -2.45. The second-order valence-corrected chi connectivity index (χ2v) is 8.09. The molecule has 0 unspecified atom stereocenters. The van der Waals surface area contributed by atoms with Crippen LogP contribution >= 0.6 is 0 Å². The van der Waals surface area contributed by atoms with Gasteiger partial charge in [-0.05, 0) is 56.3 Å². The summed E-state index contributed by atoms with van der Waals surface area (Å²) in [6.07, 6.45) is 4.79. The molecular weight excluding hydrogens is 388 g/mol. The van der Waals surface area contributed by atoms with Crippen molar-refractivity contribution in [1.29, 1.82) is 0 Å². The first-order valence-corrected chi connectivity index (χ1v) is 10.6. The van der Waals surface area contributed by atoms with E-state index >= 15 is 0 Å². The highest BCUT2D eigenvalue weighted by Crippen LogP contribution is 2.30. The number of halogens is 2. The van der Waals surface area contributed by atoms with Gasteiger partial charge in [-0.1, -0.05) is 18.2 Å². The molecular formula is C23H27F2N3O2. The van der Waals surface area contributed by atoms with E-state index in [2.05, 4.69) is 15.2 Å². The molecule has 2 saturated heterocycles. The molecule has 5 nitrogen and oxygen atoms in total. The molecule has 2 aliphatic rings. The van der Waals surface area contributed by atoms with E-state index in [0.717, 1.165) is 44.0 Å². The molecule has 3 heterocycles. The predicted octanol–water partition coefficient (Wildman–Crippen LogP) is 3.61. The lowest BCUT2D eigenvalue weighted by Gasteiger charge is -2.37. The van der Waals surface area contributed by atoms with Crippen molar-refractivity contribution in [1.82, 2.24) is 15.2 Å². The summed E-state index contributed by atoms with van der Waals surface area (Å²) in [4.78, 5) is 19.4. The number of aromatic nitrogens is 1. The molecule has 0 spiro atoms. The molecule has 1 aromatic carbocycles. The van der Waals surface area contributed by atoms with E-state index in [1.807, 2.05) is 18.2 Å². The van der Waals surface area contributed by atoms with E-state index in [-0.39, 0.29) is 17.9 Å². The van der Waals surface area contributed by atoms with Crippen LogP contribution < -0.4 is 5.32 Å². The molecule has 2 aromatic rings. The molecule has 2 fully saturated rings. The summed E-state index contributed by atoms with van der Waals surface area (Å²) in [5.74, 6) is -1.59. The highest BCUT2D eigenvalue weighted by molar-refractivity contribution is 5.81. The van der Waals surface area contributed by atoms with E-state index in [9.17, 15) is 13.6 Å². The zero-order valence-corrected chi connectivity index (χ0v) is 16.9. The Morgan fingerprint density at radius 3 is 2.87 bits per heavy atom. The van der Waals surface area contributed by atoms with Crippen LogP contribution in [0.1, 0.15) is 43.0 Å². The van der Waals surface area contributed by atoms with Gasteiger partial charge in [0.2, 0.25) is 5.91 Å². The molecule has 30 heavy (non-hydrogen) atoms. The molecule has 160 valence electrons. The number of likely N-dealkylation sites (tertiary alicyclic amines) is 1. The Morgan fingerprint density at radius 1 is 1.20 bits per heavy atom. The number of carbonyl (C=O) groups excluding carboxylic acids is 1. The molecule has 1 amide bonds. The van der Waals surface area contributed by atoms with Gasteiger partial charge in [0.1, 0.15) is 6.10 Å². The largest absolute Gasteiger partial charge is 0.368 e. The Kier molecular flexibility index (Phi) is 6.69. The predicted molar refractivity (Wildman–Crippen MR) is 108 cm³/mol. The highest BCUT2D eigenvalue weighted by atomic mass is 19.2. The van der Waals surface area contributed by atoms with Gasteiger partial charge in [0, 0.05) is 31.5 Å². The molecule has 7 heteroatoms. The fourth-order valence-electron chi connectivity index (χ4n) is 4.44. The maximum Gasteiger partial charge on any atom is 0.249 e. The topological polar surface area (TPSA) is 54.5 Å². The molecule has 0 saturated carbocycles. The third-order valence-electron chi connectivity index (χ3n) is 5.97. The molecule has 0 aliphatic carbocycles. The standard InChI is InChI=1S/C23H27F2N3O2/c24-18-8-3-6-16(21(18)25)14-28-12-4-7-17(15-28)22(19-9-1-2-11-26-19)27-23(29)20-10-5-13-30-20/h1-3,6,8-9,11,17,20,22H,4-5,7,10,12-15H2,(H,27,29)/t17-,20+,22-/m0/s1. The fourth-order valence-corrected chi connectivity index (χ4v) is 4.44. The molecule has 2 aliphatic heterocycles. The third-order valence-corrected chi connectivity index (χ3v) is 5.97. The van der Waals surface area contributed by atoms with Gasteiger partial charge in [0.25, 0.3) is 0 Å². The van der Waals surface area contributed by atoms with E-state index in [4.69, 9.17) is 4.74 Å². The number of pyridine rings is 1. The number of carbonyl (C=O) groups is 1. The first-order valence-electron chi connectivity index (χ1n) is 10.6. The quantitative estimate of drug-likeness (QED) is 0.783. The van der Waals surface area contributed by atoms with Gasteiger partial charge in [0.15, 0.2) is 11.6 Å². The molecule has 0 radical (unpaired) electrons. The SMILES string of the molecule is O=C(N[C@H](c1ccccn1)[C@H]1CCCN(Cc2cccc(F)c2F)C1)[C@H]1CCCO1. The number of piperidine rings is 1. The van der Waals surface area contributed by atoms with Crippen LogP contribution in [0.5, 0.6) is 0 Å². The number of amides is 1. The van der Waals surface area contributed by atoms with Crippen molar-refractivity contribution in [2.75, 3.05) is 19.7 Å². The maximum absolute atomic E-state index is 14.1. The summed E-state index contributed by atoms with van der Waals surface area (Å²) in [7, 11) is 0. The smallest absolute Gasteiger partial charge is 0.249 e. The molecule has 1 aromatic heterocycles. The number of benzene rings is 1. The lowest BCUT2D eigenvalue weighted by atomic mass is 9.88. The minimum atomic E-state index is -0.823. The van der Waals surface area contributed by atoms with Crippen molar-refractivity contribution < 1.29 is 18.3 Å². The summed E-state index contributed by atoms with van der Waals surface area (Å²) in [6, 6.07) is 9.73. The summed E-state index contributed by atoms with van der Waals surface area (Å²) >= 11 is 0. The molecule has 4 rings (SSSR count). The average molecular weight is 415 g/mol. The number of hydrogen-bond acceptors (Lipinski definition) is 4. The van der Waals surface area contributed by atoms with Gasteiger partial charge in [-0.2, -0.15) is 0 Å².